The van der Waals surface area contributed by atoms with E-state index in [9.17, 15) is 25.5 Å². The summed E-state index contributed by atoms with van der Waals surface area (Å²) in [6.45, 7) is 4.85. The van der Waals surface area contributed by atoms with Gasteiger partial charge in [0, 0.05) is 0 Å². The summed E-state index contributed by atoms with van der Waals surface area (Å²) < 4.78 is 17.6. The summed E-state index contributed by atoms with van der Waals surface area (Å²) in [6.07, 6.45) is 38.4. The molecule has 0 aliphatic carbocycles. The molecule has 1 aliphatic heterocycles. The minimum Gasteiger partial charge on any atom is -0.468 e. The molecule has 1 aromatic rings. The zero-order chi connectivity index (χ0) is 50.0. The molecule has 0 bridgehead atoms. The van der Waals surface area contributed by atoms with Crippen LogP contribution in [-0.4, -0.2) is 99.4 Å². The summed E-state index contributed by atoms with van der Waals surface area (Å²) in [4.78, 5) is 0. The van der Waals surface area contributed by atoms with Gasteiger partial charge in [0.2, 0.25) is 0 Å². The van der Waals surface area contributed by atoms with E-state index < -0.39 is 49.0 Å². The number of thiocarbonyl (C=S) groups is 1. The number of hydrogen-bond donors (Lipinski definition) is 7. The molecule has 7 N–H and O–H groups in total. The third-order valence-electron chi connectivity index (χ3n) is 14.2. The fourth-order valence-electron chi connectivity index (χ4n) is 9.54. The molecule has 404 valence electrons. The molecule has 0 unspecified atom stereocenters. The number of para-hydroxylation sites is 1. The molecule has 10 nitrogen and oxygen atoms in total. The number of rotatable bonds is 47. The van der Waals surface area contributed by atoms with Crippen LogP contribution in [-0.2, 0) is 14.2 Å². The van der Waals surface area contributed by atoms with Crippen LogP contribution in [0.1, 0.15) is 251 Å². The van der Waals surface area contributed by atoms with Crippen LogP contribution in [0, 0.1) is 0 Å². The lowest BCUT2D eigenvalue weighted by Gasteiger charge is -2.40. The average molecular weight is 1010 g/mol. The summed E-state index contributed by atoms with van der Waals surface area (Å²) in [7, 11) is 0. The quantitative estimate of drug-likeness (QED) is 0.0247. The molecule has 0 spiro atoms. The number of hydrogen-bond acceptors (Lipinski definition) is 10. The van der Waals surface area contributed by atoms with E-state index >= 15 is 0 Å². The number of ether oxygens (including phenoxy) is 3. The Morgan fingerprint density at radius 2 is 0.986 bits per heavy atom. The number of aliphatic hydroxyl groups excluding tert-OH is 5. The van der Waals surface area contributed by atoms with Crippen LogP contribution in [0.5, 0.6) is 0 Å². The van der Waals surface area contributed by atoms with Gasteiger partial charge in [0.25, 0.3) is 5.17 Å². The Morgan fingerprint density at radius 1 is 0.580 bits per heavy atom. The van der Waals surface area contributed by atoms with Gasteiger partial charge >= 0.3 is 0 Å². The van der Waals surface area contributed by atoms with Crippen molar-refractivity contribution in [2.75, 3.05) is 25.1 Å². The number of nitrogens with one attached hydrogen (secondary N) is 2. The van der Waals surface area contributed by atoms with Gasteiger partial charge in [-0.1, -0.05) is 262 Å². The first-order valence-electron chi connectivity index (χ1n) is 28.8. The topological polar surface area (TPSA) is 153 Å². The normalized spacial score (nSPS) is 19.7. The molecule has 69 heavy (non-hydrogen) atoms. The molecule has 0 aromatic heterocycles. The number of benzene rings is 1. The molecule has 1 saturated heterocycles. The van der Waals surface area contributed by atoms with Crippen molar-refractivity contribution in [2.45, 2.75) is 300 Å². The predicted molar refractivity (Wildman–Crippen MR) is 292 cm³/mol. The van der Waals surface area contributed by atoms with E-state index in [-0.39, 0.29) is 18.4 Å². The maximum atomic E-state index is 11.4. The van der Waals surface area contributed by atoms with Crippen molar-refractivity contribution < 1.29 is 39.7 Å². The van der Waals surface area contributed by atoms with E-state index in [0.717, 1.165) is 38.5 Å². The van der Waals surface area contributed by atoms with Gasteiger partial charge in [-0.3, -0.25) is 0 Å². The molecule has 0 radical (unpaired) electrons. The average Bonchev–Trinajstić information content (AvgIpc) is 3.35. The highest BCUT2D eigenvalue weighted by Gasteiger charge is 2.45. The summed E-state index contributed by atoms with van der Waals surface area (Å²) >= 11 is 11.5. The summed E-state index contributed by atoms with van der Waals surface area (Å²) in [5, 5.41) is 61.7. The molecule has 8 atom stereocenters. The van der Waals surface area contributed by atoms with E-state index in [1.54, 1.807) is 24.3 Å². The van der Waals surface area contributed by atoms with E-state index in [1.807, 2.05) is 0 Å². The summed E-state index contributed by atoms with van der Waals surface area (Å²) in [5.41, 5.74) is 0.551. The number of aliphatic hydroxyl groups is 5. The fourth-order valence-corrected chi connectivity index (χ4v) is 9.90. The number of anilines is 1. The van der Waals surface area contributed by atoms with Crippen molar-refractivity contribution in [1.82, 2.24) is 5.32 Å². The van der Waals surface area contributed by atoms with Gasteiger partial charge in [0.05, 0.1) is 35.6 Å². The number of unbranched alkanes of at least 4 members (excludes halogenated alkanes) is 34. The van der Waals surface area contributed by atoms with Crippen LogP contribution in [0.2, 0.25) is 5.02 Å². The number of halogens is 1. The Bertz CT molecular complexity index is 1320. The SMILES string of the molecule is CCCCCCCCCCCCCCCCCCCCCCCCCCN[C@@H](CO[C@H]1O[C@H](COC(=S)Nc2ccccc2Cl)[C@H](O)[C@H](O)[C@H]1O)[C@H](O)[C@H](O)CCCCCCCCCCCCCC. The van der Waals surface area contributed by atoms with Crippen LogP contribution in [0.25, 0.3) is 0 Å². The molecule has 2 rings (SSSR count). The monoisotopic (exact) mass is 1010 g/mol. The Labute approximate surface area is 432 Å². The zero-order valence-corrected chi connectivity index (χ0v) is 45.5. The van der Waals surface area contributed by atoms with E-state index in [0.29, 0.717) is 23.7 Å². The molecule has 1 aromatic carbocycles. The van der Waals surface area contributed by atoms with Gasteiger partial charge in [0.1, 0.15) is 31.0 Å². The van der Waals surface area contributed by atoms with Gasteiger partial charge in [0.15, 0.2) is 6.29 Å². The second-order valence-corrected chi connectivity index (χ2v) is 21.3. The molecular formula is C57H105ClN2O8S. The standard InChI is InChI=1S/C57H105ClN2O8S/c1-3-5-7-9-11-13-15-17-18-19-20-21-22-23-24-25-26-27-28-30-32-34-36-40-44-59-49(52(62)50(61)43-37-35-33-31-29-16-14-12-10-8-6-4-2)45-66-56-55(65)54(64)53(63)51(68-56)46-67-57(69)60-48-42-39-38-41-47(48)58/h38-39,41-42,49-56,59,61-65H,3-37,40,43-46H2,1-2H3,(H,60,69)/t49-,50+,51+,52-,53-,54-,55+,56-/m0/s1. The smallest absolute Gasteiger partial charge is 0.261 e. The Balaban J connectivity index is 1.69. The minimum atomic E-state index is -1.58. The van der Waals surface area contributed by atoms with Crippen LogP contribution in [0.15, 0.2) is 24.3 Å². The summed E-state index contributed by atoms with van der Waals surface area (Å²) in [5.74, 6) is 0. The first-order valence-corrected chi connectivity index (χ1v) is 29.6. The molecule has 1 heterocycles. The van der Waals surface area contributed by atoms with Crippen molar-refractivity contribution in [3.05, 3.63) is 29.3 Å². The largest absolute Gasteiger partial charge is 0.468 e. The van der Waals surface area contributed by atoms with Crippen molar-refractivity contribution >= 4 is 34.7 Å². The highest BCUT2D eigenvalue weighted by molar-refractivity contribution is 7.80. The lowest BCUT2D eigenvalue weighted by molar-refractivity contribution is -0.302. The molecular weight excluding hydrogens is 908 g/mol. The van der Waals surface area contributed by atoms with Gasteiger partial charge < -0.3 is 50.4 Å². The van der Waals surface area contributed by atoms with Crippen molar-refractivity contribution in [1.29, 1.82) is 0 Å². The first kappa shape index (κ1) is 64.0. The highest BCUT2D eigenvalue weighted by atomic mass is 35.5. The second-order valence-electron chi connectivity index (χ2n) is 20.5. The molecule has 1 aliphatic rings. The third-order valence-corrected chi connectivity index (χ3v) is 14.7. The Hall–Kier alpha value is -1.12. The Kier molecular flexibility index (Phi) is 41.2. The van der Waals surface area contributed by atoms with Crippen LogP contribution in [0.4, 0.5) is 5.69 Å². The fraction of sp³-hybridized carbons (Fsp3) is 0.877. The lowest BCUT2D eigenvalue weighted by atomic mass is 9.98. The van der Waals surface area contributed by atoms with Gasteiger partial charge in [-0.05, 0) is 43.7 Å². The van der Waals surface area contributed by atoms with E-state index in [1.165, 1.54) is 193 Å². The van der Waals surface area contributed by atoms with E-state index in [4.69, 9.17) is 38.0 Å². The van der Waals surface area contributed by atoms with Crippen molar-refractivity contribution in [2.24, 2.45) is 0 Å². The first-order chi connectivity index (χ1) is 33.7. The van der Waals surface area contributed by atoms with Crippen LogP contribution < -0.4 is 10.6 Å². The molecule has 0 saturated carbocycles. The second kappa shape index (κ2) is 44.4. The van der Waals surface area contributed by atoms with Gasteiger partial charge in [-0.15, -0.1) is 0 Å². The predicted octanol–water partition coefficient (Wildman–Crippen LogP) is 14.0. The molecule has 12 heteroatoms. The van der Waals surface area contributed by atoms with Crippen molar-refractivity contribution in [3.8, 4) is 0 Å². The maximum absolute atomic E-state index is 11.4. The zero-order valence-electron chi connectivity index (χ0n) is 44.0. The van der Waals surface area contributed by atoms with Crippen molar-refractivity contribution in [3.63, 3.8) is 0 Å². The van der Waals surface area contributed by atoms with E-state index in [2.05, 4.69) is 24.5 Å². The van der Waals surface area contributed by atoms with Crippen LogP contribution in [0.3, 0.4) is 0 Å². The van der Waals surface area contributed by atoms with Gasteiger partial charge in [-0.2, -0.15) is 0 Å². The Morgan fingerprint density at radius 3 is 1.42 bits per heavy atom. The third kappa shape index (κ3) is 32.6. The molecule has 1 fully saturated rings. The van der Waals surface area contributed by atoms with Gasteiger partial charge in [-0.25, -0.2) is 0 Å². The lowest BCUT2D eigenvalue weighted by Crippen LogP contribution is -2.60. The minimum absolute atomic E-state index is 0.00717. The van der Waals surface area contributed by atoms with Crippen LogP contribution >= 0.6 is 23.8 Å². The summed E-state index contributed by atoms with van der Waals surface area (Å²) in [6, 6.07) is 6.39. The molecule has 0 amide bonds. The maximum Gasteiger partial charge on any atom is 0.261 e. The highest BCUT2D eigenvalue weighted by Crippen LogP contribution is 2.25.